The molecule has 0 aliphatic carbocycles. The van der Waals surface area contributed by atoms with Crippen molar-refractivity contribution in [2.24, 2.45) is 0 Å². The van der Waals surface area contributed by atoms with E-state index in [1.165, 1.54) is 18.2 Å². The van der Waals surface area contributed by atoms with Gasteiger partial charge in [0.25, 0.3) is 5.09 Å². The molecule has 0 radical (unpaired) electrons. The highest BCUT2D eigenvalue weighted by Gasteiger charge is 1.98. The lowest BCUT2D eigenvalue weighted by atomic mass is 10.2. The van der Waals surface area contributed by atoms with Crippen LogP contribution in [0.15, 0.2) is 30.3 Å². The van der Waals surface area contributed by atoms with Gasteiger partial charge in [-0.05, 0) is 23.8 Å². The third kappa shape index (κ3) is 8.22. The largest absolute Gasteiger partial charge is 0.508 e. The van der Waals surface area contributed by atoms with Crippen molar-refractivity contribution in [1.82, 2.24) is 0 Å². The number of hydrogen-bond donors (Lipinski definition) is 1. The SMILES string of the molecule is O=C(/C=C/c1ccc(O)cc1)OCCOCCO[N+](=O)[O-]. The minimum absolute atomic E-state index is 0.0389. The molecule has 21 heavy (non-hydrogen) atoms. The van der Waals surface area contributed by atoms with Crippen molar-refractivity contribution in [3.8, 4) is 5.75 Å². The lowest BCUT2D eigenvalue weighted by Gasteiger charge is -2.03. The van der Waals surface area contributed by atoms with Crippen molar-refractivity contribution >= 4 is 12.0 Å². The summed E-state index contributed by atoms with van der Waals surface area (Å²) in [6.45, 7) is 0.0423. The van der Waals surface area contributed by atoms with Gasteiger partial charge in [-0.2, -0.15) is 0 Å². The molecule has 0 bridgehead atoms. The molecule has 0 saturated heterocycles. The van der Waals surface area contributed by atoms with Gasteiger partial charge in [0, 0.05) is 6.08 Å². The van der Waals surface area contributed by atoms with Crippen LogP contribution in [0.25, 0.3) is 6.08 Å². The van der Waals surface area contributed by atoms with Crippen LogP contribution in [0.5, 0.6) is 5.75 Å². The second-order valence-corrected chi connectivity index (χ2v) is 3.76. The molecule has 1 rings (SSSR count). The van der Waals surface area contributed by atoms with Crippen LogP contribution in [0.2, 0.25) is 0 Å². The first-order valence-electron chi connectivity index (χ1n) is 6.07. The van der Waals surface area contributed by atoms with Gasteiger partial charge in [0.15, 0.2) is 0 Å². The second kappa shape index (κ2) is 9.32. The molecule has 0 saturated carbocycles. The number of phenolic OH excluding ortho intramolecular Hbond substituents is 1. The van der Waals surface area contributed by atoms with E-state index >= 15 is 0 Å². The molecule has 0 amide bonds. The molecule has 0 fully saturated rings. The van der Waals surface area contributed by atoms with E-state index in [-0.39, 0.29) is 32.2 Å². The van der Waals surface area contributed by atoms with Crippen molar-refractivity contribution in [3.05, 3.63) is 46.0 Å². The molecule has 0 heterocycles. The average molecular weight is 297 g/mol. The lowest BCUT2D eigenvalue weighted by Crippen LogP contribution is -2.13. The molecule has 1 aromatic rings. The molecule has 0 aromatic heterocycles. The molecule has 0 atom stereocenters. The number of ether oxygens (including phenoxy) is 2. The molecule has 8 nitrogen and oxygen atoms in total. The molecule has 8 heteroatoms. The highest BCUT2D eigenvalue weighted by molar-refractivity contribution is 5.87. The topological polar surface area (TPSA) is 108 Å². The minimum Gasteiger partial charge on any atom is -0.508 e. The third-order valence-electron chi connectivity index (χ3n) is 2.20. The molecular formula is C13H15NO7. The van der Waals surface area contributed by atoms with E-state index in [1.54, 1.807) is 18.2 Å². The first-order valence-corrected chi connectivity index (χ1v) is 6.07. The number of aromatic hydroxyl groups is 1. The summed E-state index contributed by atoms with van der Waals surface area (Å²) in [5.74, 6) is -0.388. The maximum absolute atomic E-state index is 11.3. The Morgan fingerprint density at radius 2 is 1.86 bits per heavy atom. The summed E-state index contributed by atoms with van der Waals surface area (Å²) in [4.78, 5) is 25.2. The van der Waals surface area contributed by atoms with Crippen molar-refractivity contribution in [2.75, 3.05) is 26.4 Å². The number of carbonyl (C=O) groups excluding carboxylic acids is 1. The Kier molecular flexibility index (Phi) is 7.30. The molecule has 1 N–H and O–H groups in total. The Morgan fingerprint density at radius 3 is 2.52 bits per heavy atom. The van der Waals surface area contributed by atoms with Crippen LogP contribution < -0.4 is 0 Å². The van der Waals surface area contributed by atoms with Crippen LogP contribution in [0.3, 0.4) is 0 Å². The Balaban J connectivity index is 2.11. The van der Waals surface area contributed by atoms with Gasteiger partial charge in [-0.1, -0.05) is 12.1 Å². The van der Waals surface area contributed by atoms with Crippen molar-refractivity contribution < 1.29 is 29.3 Å². The summed E-state index contributed by atoms with van der Waals surface area (Å²) in [7, 11) is 0. The van der Waals surface area contributed by atoms with Crippen LogP contribution in [-0.2, 0) is 19.1 Å². The number of esters is 1. The van der Waals surface area contributed by atoms with Crippen LogP contribution in [-0.4, -0.2) is 42.6 Å². The first kappa shape index (κ1) is 16.4. The smallest absolute Gasteiger partial charge is 0.330 e. The summed E-state index contributed by atoms with van der Waals surface area (Å²) < 4.78 is 9.79. The van der Waals surface area contributed by atoms with Crippen molar-refractivity contribution in [2.45, 2.75) is 0 Å². The van der Waals surface area contributed by atoms with Crippen LogP contribution in [0.1, 0.15) is 5.56 Å². The summed E-state index contributed by atoms with van der Waals surface area (Å²) >= 11 is 0. The van der Waals surface area contributed by atoms with E-state index in [1.807, 2.05) is 0 Å². The van der Waals surface area contributed by atoms with Gasteiger partial charge < -0.3 is 19.4 Å². The van der Waals surface area contributed by atoms with E-state index in [0.717, 1.165) is 5.56 Å². The lowest BCUT2D eigenvalue weighted by molar-refractivity contribution is -0.758. The van der Waals surface area contributed by atoms with E-state index in [9.17, 15) is 14.9 Å². The van der Waals surface area contributed by atoms with Gasteiger partial charge in [-0.3, -0.25) is 0 Å². The summed E-state index contributed by atoms with van der Waals surface area (Å²) in [5.41, 5.74) is 0.748. The van der Waals surface area contributed by atoms with E-state index < -0.39 is 11.1 Å². The van der Waals surface area contributed by atoms with Gasteiger partial charge in [-0.15, -0.1) is 10.1 Å². The Labute approximate surface area is 120 Å². The van der Waals surface area contributed by atoms with Gasteiger partial charge in [0.1, 0.15) is 19.0 Å². The fourth-order valence-corrected chi connectivity index (χ4v) is 1.27. The summed E-state index contributed by atoms with van der Waals surface area (Å²) in [6, 6.07) is 6.31. The maximum atomic E-state index is 11.3. The molecule has 0 aliphatic heterocycles. The molecular weight excluding hydrogens is 282 g/mol. The Bertz CT molecular complexity index is 484. The summed E-state index contributed by atoms with van der Waals surface area (Å²) in [5, 5.41) is 18.0. The zero-order chi connectivity index (χ0) is 15.5. The minimum atomic E-state index is -0.905. The highest BCUT2D eigenvalue weighted by atomic mass is 17.0. The number of rotatable bonds is 9. The van der Waals surface area contributed by atoms with Crippen LogP contribution in [0.4, 0.5) is 0 Å². The fraction of sp³-hybridized carbons (Fsp3) is 0.308. The standard InChI is InChI=1S/C13H15NO7/c15-12-4-1-11(2-5-12)3-6-13(16)20-9-7-19-8-10-21-14(17)18/h1-6,15H,7-10H2/b6-3+. The molecule has 0 aliphatic rings. The zero-order valence-electron chi connectivity index (χ0n) is 11.1. The number of phenols is 1. The quantitative estimate of drug-likeness (QED) is 0.239. The maximum Gasteiger partial charge on any atom is 0.330 e. The fourth-order valence-electron chi connectivity index (χ4n) is 1.27. The predicted octanol–water partition coefficient (Wildman–Crippen LogP) is 1.17. The second-order valence-electron chi connectivity index (χ2n) is 3.76. The zero-order valence-corrected chi connectivity index (χ0v) is 11.1. The number of carbonyl (C=O) groups is 1. The van der Waals surface area contributed by atoms with Gasteiger partial charge >= 0.3 is 5.97 Å². The predicted molar refractivity (Wildman–Crippen MR) is 71.9 cm³/mol. The molecule has 0 spiro atoms. The third-order valence-corrected chi connectivity index (χ3v) is 2.20. The van der Waals surface area contributed by atoms with E-state index in [4.69, 9.17) is 14.6 Å². The molecule has 0 unspecified atom stereocenters. The number of nitrogens with zero attached hydrogens (tertiary/aromatic N) is 1. The van der Waals surface area contributed by atoms with Gasteiger partial charge in [0.2, 0.25) is 0 Å². The highest BCUT2D eigenvalue weighted by Crippen LogP contribution is 2.10. The monoisotopic (exact) mass is 297 g/mol. The van der Waals surface area contributed by atoms with Gasteiger partial charge in [0.05, 0.1) is 13.2 Å². The summed E-state index contributed by atoms with van der Waals surface area (Å²) in [6.07, 6.45) is 2.80. The van der Waals surface area contributed by atoms with E-state index in [0.29, 0.717) is 0 Å². The van der Waals surface area contributed by atoms with Crippen LogP contribution >= 0.6 is 0 Å². The normalized spacial score (nSPS) is 10.5. The number of hydrogen-bond acceptors (Lipinski definition) is 7. The average Bonchev–Trinajstić information content (AvgIpc) is 2.45. The number of benzene rings is 1. The van der Waals surface area contributed by atoms with Crippen LogP contribution in [0, 0.1) is 10.1 Å². The Morgan fingerprint density at radius 1 is 1.19 bits per heavy atom. The van der Waals surface area contributed by atoms with E-state index in [2.05, 4.69) is 4.84 Å². The first-order chi connectivity index (χ1) is 10.1. The van der Waals surface area contributed by atoms with Crippen molar-refractivity contribution in [1.29, 1.82) is 0 Å². The Hall–Kier alpha value is -2.61. The molecule has 1 aromatic carbocycles. The molecule has 114 valence electrons. The van der Waals surface area contributed by atoms with Crippen molar-refractivity contribution in [3.63, 3.8) is 0 Å². The van der Waals surface area contributed by atoms with Gasteiger partial charge in [-0.25, -0.2) is 4.79 Å².